The van der Waals surface area contributed by atoms with Gasteiger partial charge in [-0.25, -0.2) is 0 Å². The normalized spacial score (nSPS) is 13.2. The van der Waals surface area contributed by atoms with Crippen molar-refractivity contribution in [2.75, 3.05) is 25.7 Å². The number of ether oxygens (including phenoxy) is 2. The number of aliphatic hydroxyl groups is 4. The Morgan fingerprint density at radius 2 is 1.66 bits per heavy atom. The summed E-state index contributed by atoms with van der Waals surface area (Å²) in [4.78, 5) is 0. The summed E-state index contributed by atoms with van der Waals surface area (Å²) < 4.78 is 11.6. The van der Waals surface area contributed by atoms with Crippen molar-refractivity contribution in [1.29, 1.82) is 0 Å². The van der Waals surface area contributed by atoms with E-state index in [0.717, 1.165) is 11.1 Å². The summed E-state index contributed by atoms with van der Waals surface area (Å²) in [6.07, 6.45) is -0.907. The van der Waals surface area contributed by atoms with Crippen molar-refractivity contribution in [3.05, 3.63) is 58.1 Å². The zero-order chi connectivity index (χ0) is 21.7. The van der Waals surface area contributed by atoms with E-state index < -0.39 is 11.9 Å². The Balaban J connectivity index is 2.13. The van der Waals surface area contributed by atoms with Gasteiger partial charge in [-0.2, -0.15) is 0 Å². The molecule has 0 saturated heterocycles. The summed E-state index contributed by atoms with van der Waals surface area (Å²) in [7, 11) is 0. The fraction of sp³-hybridized carbons (Fsp3) is 0.429. The lowest BCUT2D eigenvalue weighted by Crippen LogP contribution is -2.37. The molecule has 4 N–H and O–H groups in total. The van der Waals surface area contributed by atoms with Crippen LogP contribution in [-0.4, -0.2) is 58.0 Å². The van der Waals surface area contributed by atoms with Gasteiger partial charge in [0.25, 0.3) is 0 Å². The van der Waals surface area contributed by atoms with Gasteiger partial charge in [0.05, 0.1) is 17.0 Å². The lowest BCUT2D eigenvalue weighted by molar-refractivity contribution is -0.162. The molecule has 0 aliphatic rings. The van der Waals surface area contributed by atoms with Crippen LogP contribution in [0.5, 0.6) is 11.5 Å². The molecule has 0 radical (unpaired) electrons. The van der Waals surface area contributed by atoms with E-state index in [0.29, 0.717) is 16.0 Å². The van der Waals surface area contributed by atoms with E-state index in [2.05, 4.69) is 29.8 Å². The molecule has 1 atom stereocenters. The molecule has 29 heavy (non-hydrogen) atoms. The maximum atomic E-state index is 9.56. The third kappa shape index (κ3) is 6.57. The van der Waals surface area contributed by atoms with Crippen LogP contribution in [0.15, 0.2) is 46.9 Å². The maximum absolute atomic E-state index is 9.56. The fourth-order valence-electron chi connectivity index (χ4n) is 2.62. The molecule has 2 aromatic carbocycles. The molecule has 6 nitrogen and oxygen atoms in total. The van der Waals surface area contributed by atoms with Crippen LogP contribution in [0.1, 0.15) is 25.0 Å². The van der Waals surface area contributed by atoms with Gasteiger partial charge in [-0.05, 0) is 51.3 Å². The highest BCUT2D eigenvalue weighted by Gasteiger charge is 2.26. The van der Waals surface area contributed by atoms with Gasteiger partial charge in [-0.3, -0.25) is 0 Å². The molecular weight excluding hydrogens is 464 g/mol. The average molecular weight is 490 g/mol. The van der Waals surface area contributed by atoms with E-state index in [9.17, 15) is 15.3 Å². The molecule has 8 heteroatoms. The predicted octanol–water partition coefficient (Wildman–Crippen LogP) is 2.81. The first kappa shape index (κ1) is 23.9. The molecule has 0 aliphatic heterocycles. The monoisotopic (exact) mass is 488 g/mol. The highest BCUT2D eigenvalue weighted by molar-refractivity contribution is 9.10. The number of aliphatic hydroxyl groups excluding tert-OH is 2. The zero-order valence-corrected chi connectivity index (χ0v) is 18.7. The summed E-state index contributed by atoms with van der Waals surface area (Å²) in [5.41, 5.74) is 1.76. The van der Waals surface area contributed by atoms with E-state index in [1.54, 1.807) is 6.07 Å². The average Bonchev–Trinajstić information content (AvgIpc) is 2.71. The summed E-state index contributed by atoms with van der Waals surface area (Å²) in [5.74, 6) is -1.35. The van der Waals surface area contributed by atoms with Crippen molar-refractivity contribution in [3.63, 3.8) is 0 Å². The van der Waals surface area contributed by atoms with Crippen LogP contribution in [0.4, 0.5) is 0 Å². The van der Waals surface area contributed by atoms with Gasteiger partial charge in [-0.15, -0.1) is 11.6 Å². The van der Waals surface area contributed by atoms with Crippen LogP contribution < -0.4 is 9.47 Å². The molecule has 0 spiro atoms. The molecule has 160 valence electrons. The second-order valence-electron chi connectivity index (χ2n) is 7.35. The number of halogens is 2. The number of hydrogen-bond donors (Lipinski definition) is 4. The minimum Gasteiger partial charge on any atom is -0.491 e. The first-order chi connectivity index (χ1) is 13.6. The quantitative estimate of drug-likeness (QED) is 0.303. The van der Waals surface area contributed by atoms with Crippen molar-refractivity contribution in [2.24, 2.45) is 0 Å². The van der Waals surface area contributed by atoms with Gasteiger partial charge in [0, 0.05) is 5.41 Å². The van der Waals surface area contributed by atoms with E-state index in [1.807, 2.05) is 36.4 Å². The summed E-state index contributed by atoms with van der Waals surface area (Å²) in [6, 6.07) is 13.1. The lowest BCUT2D eigenvalue weighted by Gasteiger charge is -2.27. The molecule has 0 aromatic heterocycles. The van der Waals surface area contributed by atoms with Crippen LogP contribution in [-0.2, 0) is 5.41 Å². The van der Waals surface area contributed by atoms with Crippen LogP contribution in [0, 0.1) is 0 Å². The van der Waals surface area contributed by atoms with Gasteiger partial charge >= 0.3 is 0 Å². The van der Waals surface area contributed by atoms with E-state index in [1.165, 1.54) is 0 Å². The molecular formula is C21H26BrClO6. The third-order valence-electron chi connectivity index (χ3n) is 4.56. The van der Waals surface area contributed by atoms with Crippen molar-refractivity contribution in [1.82, 2.24) is 0 Å². The van der Waals surface area contributed by atoms with Crippen molar-refractivity contribution in [3.8, 4) is 11.5 Å². The van der Waals surface area contributed by atoms with Gasteiger partial charge in [0.2, 0.25) is 5.79 Å². The van der Waals surface area contributed by atoms with Crippen LogP contribution in [0.2, 0.25) is 0 Å². The molecule has 2 aromatic rings. The minimum atomic E-state index is -2.09. The fourth-order valence-corrected chi connectivity index (χ4v) is 3.19. The number of hydrogen-bond acceptors (Lipinski definition) is 6. The predicted molar refractivity (Wildman–Crippen MR) is 115 cm³/mol. The van der Waals surface area contributed by atoms with Crippen molar-refractivity contribution >= 4 is 27.5 Å². The Kier molecular flexibility index (Phi) is 8.34. The van der Waals surface area contributed by atoms with Gasteiger partial charge in [0.15, 0.2) is 0 Å². The van der Waals surface area contributed by atoms with Crippen molar-refractivity contribution in [2.45, 2.75) is 31.2 Å². The molecule has 0 amide bonds. The third-order valence-corrected chi connectivity index (χ3v) is 5.60. The smallest absolute Gasteiger partial charge is 0.211 e. The first-order valence-electron chi connectivity index (χ1n) is 9.05. The first-order valence-corrected chi connectivity index (χ1v) is 10.4. The highest BCUT2D eigenvalue weighted by atomic mass is 79.9. The molecule has 0 saturated carbocycles. The summed E-state index contributed by atoms with van der Waals surface area (Å²) in [5, 5.41) is 37.3. The Morgan fingerprint density at radius 3 is 2.21 bits per heavy atom. The zero-order valence-electron chi connectivity index (χ0n) is 16.3. The van der Waals surface area contributed by atoms with E-state index >= 15 is 0 Å². The number of alkyl halides is 1. The molecule has 0 fully saturated rings. The van der Waals surface area contributed by atoms with Gasteiger partial charge in [0.1, 0.15) is 30.8 Å². The summed E-state index contributed by atoms with van der Waals surface area (Å²) in [6.45, 7) is 3.51. The number of rotatable bonds is 10. The Morgan fingerprint density at radius 1 is 1.03 bits per heavy atom. The molecule has 0 unspecified atom stereocenters. The Labute approximate surface area is 183 Å². The van der Waals surface area contributed by atoms with Gasteiger partial charge < -0.3 is 29.9 Å². The van der Waals surface area contributed by atoms with E-state index in [-0.39, 0.29) is 31.1 Å². The second kappa shape index (κ2) is 10.1. The molecule has 0 aliphatic carbocycles. The summed E-state index contributed by atoms with van der Waals surface area (Å²) >= 11 is 8.95. The lowest BCUT2D eigenvalue weighted by atomic mass is 9.78. The SMILES string of the molecule is CC(C)(c1ccc(OC[C@H](O)CO)cc1)c1ccc(OCC(O)(O)CCl)c(Br)c1. The largest absolute Gasteiger partial charge is 0.491 e. The number of benzene rings is 2. The van der Waals surface area contributed by atoms with Gasteiger partial charge in [-0.1, -0.05) is 32.0 Å². The van der Waals surface area contributed by atoms with E-state index in [4.69, 9.17) is 26.2 Å². The molecule has 2 rings (SSSR count). The van der Waals surface area contributed by atoms with Crippen LogP contribution >= 0.6 is 27.5 Å². The molecule has 0 bridgehead atoms. The van der Waals surface area contributed by atoms with Crippen molar-refractivity contribution < 1.29 is 29.9 Å². The molecule has 0 heterocycles. The van der Waals surface area contributed by atoms with Crippen LogP contribution in [0.25, 0.3) is 0 Å². The Bertz CT molecular complexity index is 794. The Hall–Kier alpha value is -1.35. The minimum absolute atomic E-state index is 0.0281. The van der Waals surface area contributed by atoms with Crippen LogP contribution in [0.3, 0.4) is 0 Å². The maximum Gasteiger partial charge on any atom is 0.211 e. The standard InChI is InChI=1S/C21H26BrClO6/c1-20(2,14-3-6-17(7-4-14)28-11-16(25)10-24)15-5-8-19(18(22)9-15)29-13-21(26,27)12-23/h3-9,16,24-27H,10-13H2,1-2H3/t16-/m1/s1. The second-order valence-corrected chi connectivity index (χ2v) is 8.47. The topological polar surface area (TPSA) is 99.4 Å². The highest BCUT2D eigenvalue weighted by Crippen LogP contribution is 2.36.